The van der Waals surface area contributed by atoms with Crippen LogP contribution in [0.15, 0.2) is 29.1 Å². The van der Waals surface area contributed by atoms with E-state index >= 15 is 0 Å². The molecule has 0 aliphatic carbocycles. The number of rotatable bonds is 1. The molecule has 1 aromatic carbocycles. The van der Waals surface area contributed by atoms with Gasteiger partial charge in [0.05, 0.1) is 5.69 Å². The molecule has 0 radical (unpaired) electrons. The molecule has 4 rings (SSSR count). The summed E-state index contributed by atoms with van der Waals surface area (Å²) in [5.74, 6) is -1.13. The maximum atomic E-state index is 12.8. The van der Waals surface area contributed by atoms with E-state index in [0.29, 0.717) is 20.7 Å². The van der Waals surface area contributed by atoms with Crippen molar-refractivity contribution in [2.24, 2.45) is 0 Å². The van der Waals surface area contributed by atoms with E-state index in [-0.39, 0.29) is 16.3 Å². The Morgan fingerprint density at radius 2 is 1.67 bits per heavy atom. The van der Waals surface area contributed by atoms with Crippen LogP contribution in [0.5, 0.6) is 0 Å². The van der Waals surface area contributed by atoms with E-state index in [1.807, 2.05) is 0 Å². The van der Waals surface area contributed by atoms with Crippen molar-refractivity contribution in [3.05, 3.63) is 60.9 Å². The van der Waals surface area contributed by atoms with Gasteiger partial charge < -0.3 is 0 Å². The normalized spacial score (nSPS) is 13.9. The third-order valence-corrected chi connectivity index (χ3v) is 5.02. The highest BCUT2D eigenvalue weighted by molar-refractivity contribution is 7.19. The SMILES string of the molecule is Cc1cc(=O)n2c3c(sc2n1)C(=O)N(c1cc(Cl)cc(Cl)c1)C3=O. The fourth-order valence-electron chi connectivity index (χ4n) is 2.63. The zero-order valence-electron chi connectivity index (χ0n) is 12.0. The molecule has 9 heteroatoms. The van der Waals surface area contributed by atoms with Gasteiger partial charge in [0.25, 0.3) is 17.4 Å². The molecule has 0 atom stereocenters. The first-order valence-corrected chi connectivity index (χ1v) is 8.32. The highest BCUT2D eigenvalue weighted by Gasteiger charge is 2.41. The van der Waals surface area contributed by atoms with Crippen LogP contribution in [0, 0.1) is 6.92 Å². The number of hydrogen-bond donors (Lipinski definition) is 0. The molecule has 2 aromatic heterocycles. The summed E-state index contributed by atoms with van der Waals surface area (Å²) in [4.78, 5) is 43.4. The molecule has 0 fully saturated rings. The molecule has 3 heterocycles. The number of carbonyl (C=O) groups excluding carboxylic acids is 2. The molecule has 24 heavy (non-hydrogen) atoms. The lowest BCUT2D eigenvalue weighted by atomic mass is 10.3. The second-order valence-corrected chi connectivity index (χ2v) is 7.06. The highest BCUT2D eigenvalue weighted by atomic mass is 35.5. The van der Waals surface area contributed by atoms with E-state index in [2.05, 4.69) is 4.98 Å². The van der Waals surface area contributed by atoms with Crippen molar-refractivity contribution in [3.63, 3.8) is 0 Å². The summed E-state index contributed by atoms with van der Waals surface area (Å²) in [6.45, 7) is 1.68. The van der Waals surface area contributed by atoms with Gasteiger partial charge in [0, 0.05) is 21.8 Å². The van der Waals surface area contributed by atoms with Crippen molar-refractivity contribution in [2.45, 2.75) is 6.92 Å². The average molecular weight is 380 g/mol. The lowest BCUT2D eigenvalue weighted by Crippen LogP contribution is -2.31. The van der Waals surface area contributed by atoms with E-state index in [1.54, 1.807) is 6.92 Å². The van der Waals surface area contributed by atoms with E-state index in [0.717, 1.165) is 16.2 Å². The average Bonchev–Trinajstić information content (AvgIpc) is 2.95. The number of nitrogens with zero attached hydrogens (tertiary/aromatic N) is 3. The fraction of sp³-hybridized carbons (Fsp3) is 0.0667. The Labute approximate surface area is 148 Å². The molecule has 1 aliphatic heterocycles. The van der Waals surface area contributed by atoms with Crippen LogP contribution < -0.4 is 10.5 Å². The predicted octanol–water partition coefficient (Wildman–Crippen LogP) is 3.17. The van der Waals surface area contributed by atoms with E-state index in [9.17, 15) is 14.4 Å². The van der Waals surface area contributed by atoms with Gasteiger partial charge in [0.1, 0.15) is 10.6 Å². The minimum atomic E-state index is -0.604. The standard InChI is InChI=1S/C15H7Cl2N3O3S/c1-6-2-10(21)20-11-12(24-15(20)18-6)14(23)19(13(11)22)9-4-7(16)3-8(17)5-9/h2-5H,1H3. The summed E-state index contributed by atoms with van der Waals surface area (Å²) in [5, 5.41) is 0.598. The first kappa shape index (κ1) is 15.3. The smallest absolute Gasteiger partial charge is 0.269 e. The van der Waals surface area contributed by atoms with Gasteiger partial charge in [-0.2, -0.15) is 0 Å². The lowest BCUT2D eigenvalue weighted by Gasteiger charge is -2.14. The molecule has 2 amide bonds. The quantitative estimate of drug-likeness (QED) is 0.608. The van der Waals surface area contributed by atoms with Crippen molar-refractivity contribution >= 4 is 57.0 Å². The molecule has 0 unspecified atom stereocenters. The number of amides is 2. The van der Waals surface area contributed by atoms with Gasteiger partial charge >= 0.3 is 0 Å². The third kappa shape index (κ3) is 2.09. The fourth-order valence-corrected chi connectivity index (χ4v) is 4.24. The predicted molar refractivity (Wildman–Crippen MR) is 91.7 cm³/mol. The largest absolute Gasteiger partial charge is 0.284 e. The molecule has 0 N–H and O–H groups in total. The Morgan fingerprint density at radius 1 is 1.00 bits per heavy atom. The number of aromatic nitrogens is 2. The molecule has 0 spiro atoms. The van der Waals surface area contributed by atoms with Crippen LogP contribution in [0.4, 0.5) is 5.69 Å². The van der Waals surface area contributed by atoms with E-state index in [4.69, 9.17) is 23.2 Å². The molecule has 0 saturated carbocycles. The molecule has 0 bridgehead atoms. The Bertz CT molecular complexity index is 1100. The summed E-state index contributed by atoms with van der Waals surface area (Å²) < 4.78 is 1.17. The van der Waals surface area contributed by atoms with Crippen LogP contribution in [0.25, 0.3) is 4.96 Å². The molecule has 120 valence electrons. The van der Waals surface area contributed by atoms with Crippen molar-refractivity contribution in [2.75, 3.05) is 4.90 Å². The molecular weight excluding hydrogens is 373 g/mol. The molecule has 3 aromatic rings. The number of imide groups is 1. The van der Waals surface area contributed by atoms with Crippen LogP contribution in [-0.2, 0) is 0 Å². The highest BCUT2D eigenvalue weighted by Crippen LogP contribution is 2.35. The number of carbonyl (C=O) groups is 2. The second kappa shape index (κ2) is 5.14. The number of anilines is 1. The van der Waals surface area contributed by atoms with Gasteiger partial charge in [-0.3, -0.25) is 14.4 Å². The maximum absolute atomic E-state index is 12.8. The molecule has 1 aliphatic rings. The number of thiazole rings is 1. The van der Waals surface area contributed by atoms with Crippen LogP contribution >= 0.6 is 34.5 Å². The number of benzene rings is 1. The first-order valence-electron chi connectivity index (χ1n) is 6.75. The Hall–Kier alpha value is -2.22. The Kier molecular flexibility index (Phi) is 3.28. The third-order valence-electron chi connectivity index (χ3n) is 3.56. The van der Waals surface area contributed by atoms with E-state index < -0.39 is 17.4 Å². The summed E-state index contributed by atoms with van der Waals surface area (Å²) in [6, 6.07) is 5.75. The molecule has 0 saturated heterocycles. The van der Waals surface area contributed by atoms with Crippen molar-refractivity contribution in [1.82, 2.24) is 9.38 Å². The van der Waals surface area contributed by atoms with Crippen molar-refractivity contribution in [1.29, 1.82) is 0 Å². The first-order chi connectivity index (χ1) is 11.4. The minimum Gasteiger partial charge on any atom is -0.269 e. The van der Waals surface area contributed by atoms with Gasteiger partial charge in [-0.1, -0.05) is 34.5 Å². The van der Waals surface area contributed by atoms with Gasteiger partial charge in [0.2, 0.25) is 0 Å². The topological polar surface area (TPSA) is 71.8 Å². The lowest BCUT2D eigenvalue weighted by molar-refractivity contribution is 0.0925. The van der Waals surface area contributed by atoms with Gasteiger partial charge in [-0.05, 0) is 25.1 Å². The van der Waals surface area contributed by atoms with Crippen LogP contribution in [0.2, 0.25) is 10.0 Å². The van der Waals surface area contributed by atoms with Gasteiger partial charge in [-0.15, -0.1) is 0 Å². The van der Waals surface area contributed by atoms with Crippen LogP contribution in [0.1, 0.15) is 25.9 Å². The maximum Gasteiger partial charge on any atom is 0.284 e. The number of aryl methyl sites for hydroxylation is 1. The summed E-state index contributed by atoms with van der Waals surface area (Å²) in [6.07, 6.45) is 0. The number of hydrogen-bond acceptors (Lipinski definition) is 5. The summed E-state index contributed by atoms with van der Waals surface area (Å²) in [5.41, 5.74) is 0.404. The van der Waals surface area contributed by atoms with Crippen molar-refractivity contribution < 1.29 is 9.59 Å². The number of fused-ring (bicyclic) bond motifs is 3. The van der Waals surface area contributed by atoms with Crippen molar-refractivity contribution in [3.8, 4) is 0 Å². The minimum absolute atomic E-state index is 0.0218. The Balaban J connectivity index is 1.95. The summed E-state index contributed by atoms with van der Waals surface area (Å²) >= 11 is 12.9. The van der Waals surface area contributed by atoms with Crippen LogP contribution in [0.3, 0.4) is 0 Å². The van der Waals surface area contributed by atoms with Crippen LogP contribution in [-0.4, -0.2) is 21.2 Å². The molecule has 6 nitrogen and oxygen atoms in total. The van der Waals surface area contributed by atoms with Gasteiger partial charge in [-0.25, -0.2) is 14.3 Å². The molecular formula is C15H7Cl2N3O3S. The Morgan fingerprint density at radius 3 is 2.33 bits per heavy atom. The second-order valence-electron chi connectivity index (χ2n) is 5.21. The summed E-state index contributed by atoms with van der Waals surface area (Å²) in [7, 11) is 0. The number of halogens is 2. The van der Waals surface area contributed by atoms with Gasteiger partial charge in [0.15, 0.2) is 4.96 Å². The zero-order valence-corrected chi connectivity index (χ0v) is 14.4. The van der Waals surface area contributed by atoms with E-state index in [1.165, 1.54) is 28.7 Å². The monoisotopic (exact) mass is 379 g/mol. The zero-order chi connectivity index (χ0) is 17.2.